The van der Waals surface area contributed by atoms with E-state index in [9.17, 15) is 13.6 Å². The molecule has 7 heteroatoms. The van der Waals surface area contributed by atoms with Crippen molar-refractivity contribution >= 4 is 18.3 Å². The third-order valence-electron chi connectivity index (χ3n) is 4.67. The first-order valence-electron chi connectivity index (χ1n) is 7.35. The fourth-order valence-electron chi connectivity index (χ4n) is 2.81. The normalized spacial score (nSPS) is 25.2. The fraction of sp³-hybridized carbons (Fsp3) is 0.562. The summed E-state index contributed by atoms with van der Waals surface area (Å²) in [5.41, 5.74) is 5.21. The Morgan fingerprint density at radius 1 is 1.39 bits per heavy atom. The maximum atomic E-state index is 13.1. The van der Waals surface area contributed by atoms with Gasteiger partial charge in [0, 0.05) is 25.0 Å². The summed E-state index contributed by atoms with van der Waals surface area (Å²) in [6, 6.07) is 3.53. The molecule has 2 unspecified atom stereocenters. The summed E-state index contributed by atoms with van der Waals surface area (Å²) < 4.78 is 31.6. The number of hydrogen-bond donors (Lipinski definition) is 2. The lowest BCUT2D eigenvalue weighted by atomic mass is 9.54. The molecule has 130 valence electrons. The quantitative estimate of drug-likeness (QED) is 0.859. The summed E-state index contributed by atoms with van der Waals surface area (Å²) in [4.78, 5) is 12.4. The van der Waals surface area contributed by atoms with E-state index in [4.69, 9.17) is 10.5 Å². The molecule has 2 rings (SSSR count). The van der Waals surface area contributed by atoms with Crippen molar-refractivity contribution in [3.05, 3.63) is 35.4 Å². The van der Waals surface area contributed by atoms with Crippen LogP contribution in [0.3, 0.4) is 0 Å². The third-order valence-corrected chi connectivity index (χ3v) is 4.67. The molecule has 0 bridgehead atoms. The number of halogens is 3. The highest BCUT2D eigenvalue weighted by molar-refractivity contribution is 5.88. The number of carbonyl (C=O) groups excluding carboxylic acids is 1. The smallest absolute Gasteiger partial charge is 0.241 e. The number of carbonyl (C=O) groups is 1. The van der Waals surface area contributed by atoms with Crippen LogP contribution >= 0.6 is 12.4 Å². The van der Waals surface area contributed by atoms with Crippen molar-refractivity contribution in [3.8, 4) is 0 Å². The molecule has 0 saturated heterocycles. The highest BCUT2D eigenvalue weighted by Crippen LogP contribution is 2.49. The predicted octanol–water partition coefficient (Wildman–Crippen LogP) is 2.54. The summed E-state index contributed by atoms with van der Waals surface area (Å²) >= 11 is 0. The van der Waals surface area contributed by atoms with Gasteiger partial charge in [-0.1, -0.05) is 19.9 Å². The summed E-state index contributed by atoms with van der Waals surface area (Å²) in [6.07, 6.45) is 0.383. The van der Waals surface area contributed by atoms with Crippen LogP contribution in [0.5, 0.6) is 0 Å². The van der Waals surface area contributed by atoms with E-state index in [1.165, 1.54) is 6.07 Å². The van der Waals surface area contributed by atoms with Crippen LogP contribution in [0, 0.1) is 17.0 Å². The minimum atomic E-state index is -1.02. The van der Waals surface area contributed by atoms with E-state index in [-0.39, 0.29) is 31.0 Å². The lowest BCUT2D eigenvalue weighted by Crippen LogP contribution is -2.75. The lowest BCUT2D eigenvalue weighted by Gasteiger charge is -2.57. The van der Waals surface area contributed by atoms with Crippen LogP contribution in [0.25, 0.3) is 0 Å². The van der Waals surface area contributed by atoms with Crippen molar-refractivity contribution in [1.82, 2.24) is 5.32 Å². The molecule has 0 spiro atoms. The average Bonchev–Trinajstić information content (AvgIpc) is 2.47. The zero-order valence-electron chi connectivity index (χ0n) is 13.5. The number of nitrogens with one attached hydrogen (secondary N) is 1. The van der Waals surface area contributed by atoms with Crippen molar-refractivity contribution in [2.45, 2.75) is 45.4 Å². The first kappa shape index (κ1) is 19.8. The zero-order valence-corrected chi connectivity index (χ0v) is 14.3. The summed E-state index contributed by atoms with van der Waals surface area (Å²) in [6.45, 7) is 6.36. The molecular formula is C16H23ClF2N2O2. The first-order chi connectivity index (χ1) is 10.2. The molecule has 1 aromatic carbocycles. The molecule has 2 atom stereocenters. The molecule has 1 amide bonds. The van der Waals surface area contributed by atoms with E-state index in [0.717, 1.165) is 12.1 Å². The van der Waals surface area contributed by atoms with Gasteiger partial charge in [0.1, 0.15) is 5.54 Å². The Labute approximate surface area is 141 Å². The molecule has 1 aromatic rings. The van der Waals surface area contributed by atoms with Gasteiger partial charge in [0.25, 0.3) is 0 Å². The molecule has 1 aliphatic carbocycles. The standard InChI is InChI=1S/C16H22F2N2O2.ClH/c1-4-22-13-8-16(19,15(13,2)3)14(21)20-9-10-5-6-11(17)12(18)7-10;/h5-7,13H,4,8-9,19H2,1-3H3,(H,20,21);1H. The van der Waals surface area contributed by atoms with Gasteiger partial charge in [0.05, 0.1) is 6.10 Å². The van der Waals surface area contributed by atoms with Crippen LogP contribution in [0.15, 0.2) is 18.2 Å². The molecule has 3 N–H and O–H groups in total. The second-order valence-electron chi connectivity index (χ2n) is 6.27. The summed E-state index contributed by atoms with van der Waals surface area (Å²) in [7, 11) is 0. The molecule has 1 saturated carbocycles. The van der Waals surface area contributed by atoms with Gasteiger partial charge in [-0.15, -0.1) is 12.4 Å². The molecule has 0 aromatic heterocycles. The second-order valence-corrected chi connectivity index (χ2v) is 6.27. The van der Waals surface area contributed by atoms with E-state index in [0.29, 0.717) is 18.6 Å². The van der Waals surface area contributed by atoms with E-state index in [1.807, 2.05) is 20.8 Å². The predicted molar refractivity (Wildman–Crippen MR) is 86.2 cm³/mol. The second kappa shape index (κ2) is 7.11. The number of amides is 1. The number of rotatable bonds is 5. The first-order valence-corrected chi connectivity index (χ1v) is 7.35. The van der Waals surface area contributed by atoms with E-state index in [1.54, 1.807) is 0 Å². The number of nitrogens with two attached hydrogens (primary N) is 1. The van der Waals surface area contributed by atoms with Crippen molar-refractivity contribution in [3.63, 3.8) is 0 Å². The van der Waals surface area contributed by atoms with Crippen molar-refractivity contribution < 1.29 is 18.3 Å². The molecule has 0 radical (unpaired) electrons. The average molecular weight is 349 g/mol. The fourth-order valence-corrected chi connectivity index (χ4v) is 2.81. The van der Waals surface area contributed by atoms with Crippen LogP contribution in [-0.2, 0) is 16.1 Å². The molecule has 23 heavy (non-hydrogen) atoms. The topological polar surface area (TPSA) is 64.3 Å². The van der Waals surface area contributed by atoms with E-state index >= 15 is 0 Å². The number of hydrogen-bond acceptors (Lipinski definition) is 3. The monoisotopic (exact) mass is 348 g/mol. The van der Waals surface area contributed by atoms with Crippen LogP contribution in [0.2, 0.25) is 0 Å². The Bertz CT molecular complexity index is 583. The number of ether oxygens (including phenoxy) is 1. The summed E-state index contributed by atoms with van der Waals surface area (Å²) in [5, 5.41) is 2.70. The van der Waals surface area contributed by atoms with Gasteiger partial charge in [-0.25, -0.2) is 8.78 Å². The van der Waals surface area contributed by atoms with Gasteiger partial charge in [-0.2, -0.15) is 0 Å². The largest absolute Gasteiger partial charge is 0.378 e. The van der Waals surface area contributed by atoms with Gasteiger partial charge in [-0.3, -0.25) is 4.79 Å². The van der Waals surface area contributed by atoms with Crippen LogP contribution < -0.4 is 11.1 Å². The number of benzene rings is 1. The third kappa shape index (κ3) is 3.49. The maximum absolute atomic E-state index is 13.1. The molecule has 4 nitrogen and oxygen atoms in total. The minimum absolute atomic E-state index is 0. The van der Waals surface area contributed by atoms with Gasteiger partial charge in [0.2, 0.25) is 5.91 Å². The molecular weight excluding hydrogens is 326 g/mol. The highest BCUT2D eigenvalue weighted by Gasteiger charge is 2.62. The zero-order chi connectivity index (χ0) is 16.5. The molecule has 0 heterocycles. The lowest BCUT2D eigenvalue weighted by molar-refractivity contribution is -0.170. The van der Waals surface area contributed by atoms with Crippen LogP contribution in [0.4, 0.5) is 8.78 Å². The van der Waals surface area contributed by atoms with E-state index in [2.05, 4.69) is 5.32 Å². The Morgan fingerprint density at radius 2 is 2.04 bits per heavy atom. The van der Waals surface area contributed by atoms with Crippen molar-refractivity contribution in [1.29, 1.82) is 0 Å². The SMILES string of the molecule is CCOC1CC(N)(C(=O)NCc2ccc(F)c(F)c2)C1(C)C.Cl. The Balaban J connectivity index is 0.00000264. The van der Waals surface area contributed by atoms with Gasteiger partial charge >= 0.3 is 0 Å². The van der Waals surface area contributed by atoms with Crippen LogP contribution in [0.1, 0.15) is 32.8 Å². The van der Waals surface area contributed by atoms with Crippen molar-refractivity contribution in [2.24, 2.45) is 11.1 Å². The van der Waals surface area contributed by atoms with Gasteiger partial charge in [-0.05, 0) is 24.6 Å². The molecule has 1 fully saturated rings. The van der Waals surface area contributed by atoms with E-state index < -0.39 is 22.6 Å². The Kier molecular flexibility index (Phi) is 6.12. The molecule has 1 aliphatic rings. The van der Waals surface area contributed by atoms with Gasteiger partial charge in [0.15, 0.2) is 11.6 Å². The van der Waals surface area contributed by atoms with Crippen molar-refractivity contribution in [2.75, 3.05) is 6.61 Å². The molecule has 0 aliphatic heterocycles. The highest BCUT2D eigenvalue weighted by atomic mass is 35.5. The maximum Gasteiger partial charge on any atom is 0.241 e. The Morgan fingerprint density at radius 3 is 2.57 bits per heavy atom. The van der Waals surface area contributed by atoms with Crippen LogP contribution in [-0.4, -0.2) is 24.2 Å². The minimum Gasteiger partial charge on any atom is -0.378 e. The summed E-state index contributed by atoms with van der Waals surface area (Å²) in [5.74, 6) is -2.15. The van der Waals surface area contributed by atoms with Gasteiger partial charge < -0.3 is 15.8 Å². The Hall–Kier alpha value is -1.24.